The standard InChI is InChI=1S/C23H31F3N4O3/c1-4-7-17-19(9-8-18(20(17)32)21(23(24,25)26)27-10-5-2)33-12-6-11-30(3)22-28-13-16(15-31)14-29-22/h8-9,13-14,31-32H,4-7,10-12,15H2,1-3H3. The number of hydrogen-bond acceptors (Lipinski definition) is 7. The van der Waals surface area contributed by atoms with E-state index in [0.29, 0.717) is 61.7 Å². The number of aliphatic hydroxyl groups excluding tert-OH is 1. The number of aliphatic hydroxyl groups is 1. The Morgan fingerprint density at radius 1 is 1.15 bits per heavy atom. The number of rotatable bonds is 12. The van der Waals surface area contributed by atoms with E-state index in [-0.39, 0.29) is 18.7 Å². The third-order valence-electron chi connectivity index (χ3n) is 4.87. The molecule has 2 aromatic rings. The third kappa shape index (κ3) is 7.31. The highest BCUT2D eigenvalue weighted by Crippen LogP contribution is 2.36. The predicted octanol–water partition coefficient (Wildman–Crippen LogP) is 4.29. The molecule has 0 amide bonds. The summed E-state index contributed by atoms with van der Waals surface area (Å²) in [5.74, 6) is 0.434. The van der Waals surface area contributed by atoms with Crippen molar-refractivity contribution in [2.75, 3.05) is 31.6 Å². The maximum Gasteiger partial charge on any atom is 0.433 e. The fourth-order valence-electron chi connectivity index (χ4n) is 3.20. The van der Waals surface area contributed by atoms with Crippen LogP contribution in [0.4, 0.5) is 19.1 Å². The van der Waals surface area contributed by atoms with Gasteiger partial charge < -0.3 is 19.8 Å². The first kappa shape index (κ1) is 26.4. The Kier molecular flexibility index (Phi) is 9.90. The molecule has 0 atom stereocenters. The van der Waals surface area contributed by atoms with Crippen LogP contribution >= 0.6 is 0 Å². The average Bonchev–Trinajstić information content (AvgIpc) is 2.79. The van der Waals surface area contributed by atoms with Gasteiger partial charge in [-0.25, -0.2) is 9.97 Å². The number of alkyl halides is 3. The summed E-state index contributed by atoms with van der Waals surface area (Å²) in [6, 6.07) is 2.68. The second-order valence-corrected chi connectivity index (χ2v) is 7.59. The Balaban J connectivity index is 2.11. The summed E-state index contributed by atoms with van der Waals surface area (Å²) < 4.78 is 46.4. The zero-order chi connectivity index (χ0) is 24.4. The fourth-order valence-corrected chi connectivity index (χ4v) is 3.20. The number of phenolic OH excluding ortho intramolecular Hbond substituents is 1. The summed E-state index contributed by atoms with van der Waals surface area (Å²) in [6.07, 6.45) is 0.505. The van der Waals surface area contributed by atoms with Crippen LogP contribution in [0.5, 0.6) is 11.5 Å². The number of aromatic nitrogens is 2. The highest BCUT2D eigenvalue weighted by Gasteiger charge is 2.38. The number of anilines is 1. The smallest absolute Gasteiger partial charge is 0.433 e. The predicted molar refractivity (Wildman–Crippen MR) is 121 cm³/mol. The van der Waals surface area contributed by atoms with E-state index in [9.17, 15) is 18.3 Å². The number of hydrogen-bond donors (Lipinski definition) is 2. The highest BCUT2D eigenvalue weighted by molar-refractivity contribution is 6.07. The van der Waals surface area contributed by atoms with Gasteiger partial charge in [-0.05, 0) is 31.4 Å². The fraction of sp³-hybridized carbons (Fsp3) is 0.522. The van der Waals surface area contributed by atoms with Gasteiger partial charge in [-0.2, -0.15) is 13.2 Å². The van der Waals surface area contributed by atoms with Crippen LogP contribution in [0.2, 0.25) is 0 Å². The summed E-state index contributed by atoms with van der Waals surface area (Å²) in [4.78, 5) is 13.9. The van der Waals surface area contributed by atoms with Gasteiger partial charge in [0.2, 0.25) is 5.95 Å². The lowest BCUT2D eigenvalue weighted by molar-refractivity contribution is -0.0583. The first-order valence-electron chi connectivity index (χ1n) is 10.9. The largest absolute Gasteiger partial charge is 0.507 e. The molecule has 2 rings (SSSR count). The van der Waals surface area contributed by atoms with Crippen molar-refractivity contribution in [3.63, 3.8) is 0 Å². The van der Waals surface area contributed by atoms with E-state index < -0.39 is 17.6 Å². The molecule has 10 heteroatoms. The Labute approximate surface area is 192 Å². The van der Waals surface area contributed by atoms with E-state index in [1.165, 1.54) is 12.1 Å². The Bertz CT molecular complexity index is 918. The number of nitrogens with zero attached hydrogens (tertiary/aromatic N) is 4. The number of benzene rings is 1. The van der Waals surface area contributed by atoms with Crippen molar-refractivity contribution in [2.24, 2.45) is 4.99 Å². The molecule has 0 aliphatic carbocycles. The molecule has 0 aliphatic rings. The van der Waals surface area contributed by atoms with Gasteiger partial charge in [0.25, 0.3) is 0 Å². The molecular weight excluding hydrogens is 437 g/mol. The van der Waals surface area contributed by atoms with E-state index in [4.69, 9.17) is 9.84 Å². The van der Waals surface area contributed by atoms with Crippen molar-refractivity contribution in [1.82, 2.24) is 9.97 Å². The van der Waals surface area contributed by atoms with Gasteiger partial charge in [0.05, 0.1) is 13.2 Å². The molecule has 1 heterocycles. The molecule has 0 spiro atoms. The summed E-state index contributed by atoms with van der Waals surface area (Å²) in [7, 11) is 1.82. The first-order valence-corrected chi connectivity index (χ1v) is 10.9. The Morgan fingerprint density at radius 3 is 2.42 bits per heavy atom. The summed E-state index contributed by atoms with van der Waals surface area (Å²) in [6.45, 7) is 4.39. The van der Waals surface area contributed by atoms with Crippen LogP contribution in [0.15, 0.2) is 29.5 Å². The van der Waals surface area contributed by atoms with Gasteiger partial charge in [0.1, 0.15) is 17.2 Å². The molecule has 33 heavy (non-hydrogen) atoms. The number of phenols is 1. The number of aliphatic imine (C=N–C) groups is 1. The van der Waals surface area contributed by atoms with Gasteiger partial charge in [-0.3, -0.25) is 4.99 Å². The highest BCUT2D eigenvalue weighted by atomic mass is 19.4. The molecule has 0 unspecified atom stereocenters. The Hall–Kier alpha value is -2.88. The van der Waals surface area contributed by atoms with Crippen molar-refractivity contribution in [3.05, 3.63) is 41.2 Å². The molecule has 7 nitrogen and oxygen atoms in total. The minimum Gasteiger partial charge on any atom is -0.507 e. The first-order chi connectivity index (χ1) is 15.7. The second-order valence-electron chi connectivity index (χ2n) is 7.59. The van der Waals surface area contributed by atoms with Crippen molar-refractivity contribution in [2.45, 2.75) is 52.3 Å². The maximum atomic E-state index is 13.5. The topological polar surface area (TPSA) is 91.1 Å². The van der Waals surface area contributed by atoms with Crippen molar-refractivity contribution in [3.8, 4) is 11.5 Å². The quantitative estimate of drug-likeness (QED) is 0.357. The SMILES string of the molecule is CCCN=C(c1ccc(OCCCN(C)c2ncc(CO)cn2)c(CCC)c1O)C(F)(F)F. The van der Waals surface area contributed by atoms with Gasteiger partial charge in [0.15, 0.2) is 0 Å². The molecule has 182 valence electrons. The molecule has 0 saturated carbocycles. The van der Waals surface area contributed by atoms with Gasteiger partial charge >= 0.3 is 6.18 Å². The molecule has 0 radical (unpaired) electrons. The zero-order valence-electron chi connectivity index (χ0n) is 19.2. The summed E-state index contributed by atoms with van der Waals surface area (Å²) >= 11 is 0. The monoisotopic (exact) mass is 468 g/mol. The normalized spacial score (nSPS) is 12.2. The van der Waals surface area contributed by atoms with E-state index in [2.05, 4.69) is 15.0 Å². The van der Waals surface area contributed by atoms with Crippen molar-refractivity contribution < 1.29 is 28.1 Å². The van der Waals surface area contributed by atoms with Crippen LogP contribution in [0, 0.1) is 0 Å². The van der Waals surface area contributed by atoms with Crippen LogP contribution in [-0.2, 0) is 13.0 Å². The van der Waals surface area contributed by atoms with E-state index in [1.54, 1.807) is 19.3 Å². The van der Waals surface area contributed by atoms with E-state index >= 15 is 0 Å². The minimum absolute atomic E-state index is 0.0234. The molecule has 1 aromatic heterocycles. The number of aromatic hydroxyl groups is 1. The van der Waals surface area contributed by atoms with Crippen LogP contribution in [-0.4, -0.2) is 58.8 Å². The van der Waals surface area contributed by atoms with Crippen molar-refractivity contribution >= 4 is 11.7 Å². The average molecular weight is 469 g/mol. The molecule has 1 aromatic carbocycles. The van der Waals surface area contributed by atoms with Crippen LogP contribution in [0.1, 0.15) is 49.8 Å². The summed E-state index contributed by atoms with van der Waals surface area (Å²) in [5.41, 5.74) is -0.426. The lowest BCUT2D eigenvalue weighted by Gasteiger charge is -2.19. The van der Waals surface area contributed by atoms with E-state index in [1.807, 2.05) is 18.9 Å². The molecule has 0 aliphatic heterocycles. The Morgan fingerprint density at radius 2 is 1.85 bits per heavy atom. The molecular formula is C23H31F3N4O3. The minimum atomic E-state index is -4.67. The zero-order valence-corrected chi connectivity index (χ0v) is 19.2. The molecule has 0 saturated heterocycles. The van der Waals surface area contributed by atoms with E-state index in [0.717, 1.165) is 0 Å². The third-order valence-corrected chi connectivity index (χ3v) is 4.87. The molecule has 2 N–H and O–H groups in total. The summed E-state index contributed by atoms with van der Waals surface area (Å²) in [5, 5.41) is 19.7. The maximum absolute atomic E-state index is 13.5. The van der Waals surface area contributed by atoms with Crippen LogP contribution in [0.25, 0.3) is 0 Å². The molecule has 0 fully saturated rings. The lowest BCUT2D eigenvalue weighted by Crippen LogP contribution is -2.25. The second kappa shape index (κ2) is 12.4. The van der Waals surface area contributed by atoms with Crippen LogP contribution in [0.3, 0.4) is 0 Å². The van der Waals surface area contributed by atoms with Gasteiger partial charge in [0, 0.05) is 49.2 Å². The van der Waals surface area contributed by atoms with Gasteiger partial charge in [-0.15, -0.1) is 0 Å². The van der Waals surface area contributed by atoms with Crippen molar-refractivity contribution in [1.29, 1.82) is 0 Å². The number of ether oxygens (including phenoxy) is 1. The number of halogens is 3. The van der Waals surface area contributed by atoms with Crippen LogP contribution < -0.4 is 9.64 Å². The van der Waals surface area contributed by atoms with Gasteiger partial charge in [-0.1, -0.05) is 20.3 Å². The lowest BCUT2D eigenvalue weighted by atomic mass is 10.00. The molecule has 0 bridgehead atoms.